The number of nitrogens with zero attached hydrogens (tertiary/aromatic N) is 1. The van der Waals surface area contributed by atoms with Gasteiger partial charge in [0, 0.05) is 6.54 Å². The molecule has 1 aliphatic heterocycles. The molecule has 1 aromatic rings. The molecule has 1 heterocycles. The molecule has 0 unspecified atom stereocenters. The zero-order valence-electron chi connectivity index (χ0n) is 13.8. The fourth-order valence-corrected chi connectivity index (χ4v) is 3.07. The summed E-state index contributed by atoms with van der Waals surface area (Å²) in [5.74, 6) is 0.357. The summed E-state index contributed by atoms with van der Waals surface area (Å²) >= 11 is 0. The highest BCUT2D eigenvalue weighted by atomic mass is 16.2. The molecule has 3 nitrogen and oxygen atoms in total. The van der Waals surface area contributed by atoms with E-state index >= 15 is 0 Å². The van der Waals surface area contributed by atoms with Gasteiger partial charge in [-0.25, -0.2) is 0 Å². The number of hydrogen-bond donors (Lipinski definition) is 1. The van der Waals surface area contributed by atoms with Crippen LogP contribution in [0.1, 0.15) is 48.9 Å². The maximum absolute atomic E-state index is 12.5. The summed E-state index contributed by atoms with van der Waals surface area (Å²) in [5, 5.41) is 3.25. The van der Waals surface area contributed by atoms with E-state index in [0.29, 0.717) is 0 Å². The van der Waals surface area contributed by atoms with Crippen LogP contribution in [0.15, 0.2) is 18.2 Å². The molecule has 0 aromatic heterocycles. The van der Waals surface area contributed by atoms with Crippen molar-refractivity contribution in [2.75, 3.05) is 20.1 Å². The van der Waals surface area contributed by atoms with Gasteiger partial charge in [0.1, 0.15) is 0 Å². The lowest BCUT2D eigenvalue weighted by atomic mass is 9.95. The molecule has 1 saturated heterocycles. The molecule has 21 heavy (non-hydrogen) atoms. The number of piperidine rings is 1. The standard InChI is InChI=1S/C18H28N2O/c1-5-17(15-9-8-13(2)14(3)11-15)19-18(21)16-7-6-10-20(4)12-16/h8-9,11,16-17H,5-7,10,12H2,1-4H3,(H,19,21)/t16-,17-/m0/s1. The Morgan fingerprint density at radius 3 is 2.76 bits per heavy atom. The second-order valence-corrected chi connectivity index (χ2v) is 6.41. The smallest absolute Gasteiger partial charge is 0.224 e. The predicted octanol–water partition coefficient (Wildman–Crippen LogP) is 3.21. The minimum atomic E-state index is 0.129. The summed E-state index contributed by atoms with van der Waals surface area (Å²) in [6.07, 6.45) is 3.06. The molecule has 1 aromatic carbocycles. The maximum Gasteiger partial charge on any atom is 0.224 e. The number of rotatable bonds is 4. The topological polar surface area (TPSA) is 32.3 Å². The largest absolute Gasteiger partial charge is 0.349 e. The molecule has 0 bridgehead atoms. The van der Waals surface area contributed by atoms with Crippen LogP contribution in [0.2, 0.25) is 0 Å². The van der Waals surface area contributed by atoms with E-state index < -0.39 is 0 Å². The minimum Gasteiger partial charge on any atom is -0.349 e. The Morgan fingerprint density at radius 2 is 2.14 bits per heavy atom. The molecule has 0 spiro atoms. The highest BCUT2D eigenvalue weighted by Crippen LogP contribution is 2.22. The van der Waals surface area contributed by atoms with Crippen molar-refractivity contribution in [3.05, 3.63) is 34.9 Å². The fourth-order valence-electron chi connectivity index (χ4n) is 3.07. The van der Waals surface area contributed by atoms with Crippen LogP contribution in [0.5, 0.6) is 0 Å². The van der Waals surface area contributed by atoms with Crippen molar-refractivity contribution < 1.29 is 4.79 Å². The summed E-state index contributed by atoms with van der Waals surface area (Å²) in [5.41, 5.74) is 3.81. The quantitative estimate of drug-likeness (QED) is 0.922. The monoisotopic (exact) mass is 288 g/mol. The van der Waals surface area contributed by atoms with Gasteiger partial charge in [-0.3, -0.25) is 4.79 Å². The minimum absolute atomic E-state index is 0.129. The number of amides is 1. The number of carbonyl (C=O) groups excluding carboxylic acids is 1. The molecule has 0 aliphatic carbocycles. The number of hydrogen-bond acceptors (Lipinski definition) is 2. The lowest BCUT2D eigenvalue weighted by Gasteiger charge is -2.30. The van der Waals surface area contributed by atoms with Gasteiger partial charge in [0.25, 0.3) is 0 Å². The van der Waals surface area contributed by atoms with Crippen LogP contribution in [0.4, 0.5) is 0 Å². The number of nitrogens with one attached hydrogen (secondary N) is 1. The van der Waals surface area contributed by atoms with Crippen molar-refractivity contribution in [2.24, 2.45) is 5.92 Å². The van der Waals surface area contributed by atoms with Gasteiger partial charge < -0.3 is 10.2 Å². The van der Waals surface area contributed by atoms with Crippen LogP contribution >= 0.6 is 0 Å². The molecule has 2 atom stereocenters. The Bertz CT molecular complexity index is 498. The molecular weight excluding hydrogens is 260 g/mol. The fraction of sp³-hybridized carbons (Fsp3) is 0.611. The van der Waals surface area contributed by atoms with E-state index in [1.54, 1.807) is 0 Å². The summed E-state index contributed by atoms with van der Waals surface area (Å²) in [6.45, 7) is 8.38. The number of aryl methyl sites for hydroxylation is 2. The van der Waals surface area contributed by atoms with Gasteiger partial charge >= 0.3 is 0 Å². The van der Waals surface area contributed by atoms with Crippen LogP contribution in [0.3, 0.4) is 0 Å². The van der Waals surface area contributed by atoms with Crippen LogP contribution in [-0.4, -0.2) is 30.9 Å². The third-order valence-corrected chi connectivity index (χ3v) is 4.65. The van der Waals surface area contributed by atoms with Crippen LogP contribution in [0.25, 0.3) is 0 Å². The zero-order chi connectivity index (χ0) is 15.4. The van der Waals surface area contributed by atoms with Gasteiger partial charge in [0.05, 0.1) is 12.0 Å². The first-order chi connectivity index (χ1) is 10.0. The summed E-state index contributed by atoms with van der Waals surface area (Å²) in [4.78, 5) is 14.8. The van der Waals surface area contributed by atoms with E-state index in [-0.39, 0.29) is 17.9 Å². The molecule has 1 N–H and O–H groups in total. The van der Waals surface area contributed by atoms with Crippen molar-refractivity contribution in [1.29, 1.82) is 0 Å². The third kappa shape index (κ3) is 4.07. The average Bonchev–Trinajstić information content (AvgIpc) is 2.47. The van der Waals surface area contributed by atoms with Crippen molar-refractivity contribution >= 4 is 5.91 Å². The summed E-state index contributed by atoms with van der Waals surface area (Å²) in [6, 6.07) is 6.62. The van der Waals surface area contributed by atoms with Gasteiger partial charge in [-0.15, -0.1) is 0 Å². The second-order valence-electron chi connectivity index (χ2n) is 6.41. The Kier molecular flexibility index (Phi) is 5.40. The SMILES string of the molecule is CC[C@H](NC(=O)[C@H]1CCCN(C)C1)c1ccc(C)c(C)c1. The average molecular weight is 288 g/mol. The highest BCUT2D eigenvalue weighted by molar-refractivity contribution is 5.79. The molecular formula is C18H28N2O. The van der Waals surface area contributed by atoms with Crippen LogP contribution < -0.4 is 5.32 Å². The molecule has 2 rings (SSSR count). The van der Waals surface area contributed by atoms with Crippen LogP contribution in [-0.2, 0) is 4.79 Å². The molecule has 0 radical (unpaired) electrons. The van der Waals surface area contributed by atoms with Crippen molar-refractivity contribution in [3.8, 4) is 0 Å². The molecule has 1 aliphatic rings. The Labute approximate surface area is 128 Å². The van der Waals surface area contributed by atoms with E-state index in [2.05, 4.69) is 56.2 Å². The highest BCUT2D eigenvalue weighted by Gasteiger charge is 2.25. The van der Waals surface area contributed by atoms with E-state index in [4.69, 9.17) is 0 Å². The first kappa shape index (κ1) is 16.0. The van der Waals surface area contributed by atoms with Crippen LogP contribution in [0, 0.1) is 19.8 Å². The molecule has 116 valence electrons. The Morgan fingerprint density at radius 1 is 1.38 bits per heavy atom. The first-order valence-corrected chi connectivity index (χ1v) is 8.07. The Balaban J connectivity index is 2.04. The molecule has 1 fully saturated rings. The first-order valence-electron chi connectivity index (χ1n) is 8.07. The predicted molar refractivity (Wildman–Crippen MR) is 87.3 cm³/mol. The normalized spacial score (nSPS) is 21.0. The van der Waals surface area contributed by atoms with Gasteiger partial charge in [-0.2, -0.15) is 0 Å². The molecule has 3 heteroatoms. The van der Waals surface area contributed by atoms with Crippen molar-refractivity contribution in [3.63, 3.8) is 0 Å². The summed E-state index contributed by atoms with van der Waals surface area (Å²) in [7, 11) is 2.10. The second kappa shape index (κ2) is 7.08. The van der Waals surface area contributed by atoms with Gasteiger partial charge in [0.15, 0.2) is 0 Å². The van der Waals surface area contributed by atoms with Gasteiger partial charge in [-0.1, -0.05) is 25.1 Å². The summed E-state index contributed by atoms with van der Waals surface area (Å²) < 4.78 is 0. The Hall–Kier alpha value is -1.35. The maximum atomic E-state index is 12.5. The van der Waals surface area contributed by atoms with Crippen molar-refractivity contribution in [2.45, 2.75) is 46.1 Å². The third-order valence-electron chi connectivity index (χ3n) is 4.65. The van der Waals surface area contributed by atoms with Gasteiger partial charge in [-0.05, 0) is 63.4 Å². The lowest BCUT2D eigenvalue weighted by Crippen LogP contribution is -2.42. The number of likely N-dealkylation sites (tertiary alicyclic amines) is 1. The van der Waals surface area contributed by atoms with E-state index in [9.17, 15) is 4.79 Å². The zero-order valence-corrected chi connectivity index (χ0v) is 13.8. The van der Waals surface area contributed by atoms with E-state index in [1.807, 2.05) is 0 Å². The molecule has 0 saturated carbocycles. The van der Waals surface area contributed by atoms with Crippen molar-refractivity contribution in [1.82, 2.24) is 10.2 Å². The molecule has 1 amide bonds. The van der Waals surface area contributed by atoms with Gasteiger partial charge in [0.2, 0.25) is 5.91 Å². The lowest BCUT2D eigenvalue weighted by molar-refractivity contribution is -0.127. The number of benzene rings is 1. The van der Waals surface area contributed by atoms with E-state index in [1.165, 1.54) is 16.7 Å². The number of carbonyl (C=O) groups is 1. The van der Waals surface area contributed by atoms with E-state index in [0.717, 1.165) is 32.4 Å².